The number of ether oxygens (including phenoxy) is 1. The maximum atomic E-state index is 9.77. The fourth-order valence-corrected chi connectivity index (χ4v) is 2.04. The molecule has 0 aliphatic heterocycles. The highest BCUT2D eigenvalue weighted by Gasteiger charge is 2.05. The molecule has 2 rings (SSSR count). The zero-order valence-electron chi connectivity index (χ0n) is 11.8. The van der Waals surface area contributed by atoms with Crippen LogP contribution in [0.15, 0.2) is 41.6 Å². The van der Waals surface area contributed by atoms with Crippen molar-refractivity contribution in [2.75, 3.05) is 12.3 Å². The van der Waals surface area contributed by atoms with E-state index in [9.17, 15) is 5.11 Å². The third-order valence-electron chi connectivity index (χ3n) is 3.11. The second-order valence-electron chi connectivity index (χ2n) is 4.77. The lowest BCUT2D eigenvalue weighted by atomic mass is 10.0. The van der Waals surface area contributed by atoms with Crippen molar-refractivity contribution in [3.8, 4) is 11.5 Å². The van der Waals surface area contributed by atoms with E-state index < -0.39 is 0 Å². The van der Waals surface area contributed by atoms with Crippen LogP contribution in [0.2, 0.25) is 0 Å². The van der Waals surface area contributed by atoms with Crippen LogP contribution in [-0.4, -0.2) is 23.1 Å². The number of anilines is 1. The predicted octanol–water partition coefficient (Wildman–Crippen LogP) is 2.71. The Kier molecular flexibility index (Phi) is 4.66. The Morgan fingerprint density at radius 1 is 1.24 bits per heavy atom. The molecule has 2 aromatic carbocycles. The molecule has 0 aliphatic rings. The Bertz CT molecular complexity index is 654. The Labute approximate surface area is 123 Å². The number of hydrogen-bond donors (Lipinski definition) is 3. The minimum absolute atomic E-state index is 0.129. The van der Waals surface area contributed by atoms with Gasteiger partial charge in [-0.1, -0.05) is 17.3 Å². The van der Waals surface area contributed by atoms with Crippen molar-refractivity contribution in [1.82, 2.24) is 0 Å². The molecule has 0 aliphatic carbocycles. The summed E-state index contributed by atoms with van der Waals surface area (Å²) >= 11 is 0. The highest BCUT2D eigenvalue weighted by atomic mass is 16.5. The van der Waals surface area contributed by atoms with Crippen LogP contribution < -0.4 is 10.5 Å². The van der Waals surface area contributed by atoms with Crippen molar-refractivity contribution in [3.05, 3.63) is 53.1 Å². The molecule has 5 heteroatoms. The topological polar surface area (TPSA) is 88.1 Å². The van der Waals surface area contributed by atoms with Crippen LogP contribution >= 0.6 is 0 Å². The van der Waals surface area contributed by atoms with Gasteiger partial charge in [-0.3, -0.25) is 0 Å². The van der Waals surface area contributed by atoms with Crippen LogP contribution in [0.5, 0.6) is 11.5 Å². The first-order chi connectivity index (χ1) is 10.1. The summed E-state index contributed by atoms with van der Waals surface area (Å²) in [6.07, 6.45) is 1.95. The number of benzene rings is 2. The molecule has 0 amide bonds. The molecular formula is C16H18N2O3. The van der Waals surface area contributed by atoms with E-state index in [1.54, 1.807) is 24.3 Å². The van der Waals surface area contributed by atoms with Gasteiger partial charge in [0.1, 0.15) is 0 Å². The molecule has 2 aromatic rings. The lowest BCUT2D eigenvalue weighted by Crippen LogP contribution is -2.04. The van der Waals surface area contributed by atoms with Crippen LogP contribution in [0.25, 0.3) is 0 Å². The number of rotatable bonds is 5. The Balaban J connectivity index is 2.03. The number of aryl methyl sites for hydroxylation is 1. The van der Waals surface area contributed by atoms with E-state index >= 15 is 0 Å². The van der Waals surface area contributed by atoms with Gasteiger partial charge in [-0.15, -0.1) is 0 Å². The first-order valence-corrected chi connectivity index (χ1v) is 6.58. The summed E-state index contributed by atoms with van der Waals surface area (Å²) in [4.78, 5) is 0. The lowest BCUT2D eigenvalue weighted by molar-refractivity contribution is 0.303. The van der Waals surface area contributed by atoms with Crippen molar-refractivity contribution in [1.29, 1.82) is 0 Å². The van der Waals surface area contributed by atoms with Gasteiger partial charge in [0, 0.05) is 17.7 Å². The van der Waals surface area contributed by atoms with E-state index in [1.807, 2.05) is 19.1 Å². The molecule has 110 valence electrons. The largest absolute Gasteiger partial charge is 0.504 e. The van der Waals surface area contributed by atoms with Crippen LogP contribution in [0.4, 0.5) is 5.69 Å². The summed E-state index contributed by atoms with van der Waals surface area (Å²) < 4.78 is 5.57. The minimum atomic E-state index is 0.129. The van der Waals surface area contributed by atoms with Gasteiger partial charge in [0.05, 0.1) is 12.8 Å². The number of oxime groups is 1. The standard InChI is InChI=1S/C16H18N2O3/c1-11-2-5-16(15(19)8-11)21-7-6-12-3-4-14(17)9-13(12)10-18-20/h2-5,8-10,19-20H,6-7,17H2,1H3. The van der Waals surface area contributed by atoms with Crippen LogP contribution in [0, 0.1) is 6.92 Å². The van der Waals surface area contributed by atoms with Crippen LogP contribution in [0.1, 0.15) is 16.7 Å². The van der Waals surface area contributed by atoms with Gasteiger partial charge in [-0.05, 0) is 42.3 Å². The monoisotopic (exact) mass is 286 g/mol. The third-order valence-corrected chi connectivity index (χ3v) is 3.11. The molecule has 21 heavy (non-hydrogen) atoms. The number of nitrogen functional groups attached to an aromatic ring is 1. The molecule has 0 fully saturated rings. The molecule has 0 heterocycles. The quantitative estimate of drug-likeness (QED) is 0.341. The first kappa shape index (κ1) is 14.7. The van der Waals surface area contributed by atoms with E-state index in [0.717, 1.165) is 16.7 Å². The Hall–Kier alpha value is -2.69. The summed E-state index contributed by atoms with van der Waals surface area (Å²) in [7, 11) is 0. The predicted molar refractivity (Wildman–Crippen MR) is 82.3 cm³/mol. The molecule has 0 spiro atoms. The highest BCUT2D eigenvalue weighted by Crippen LogP contribution is 2.26. The Morgan fingerprint density at radius 3 is 2.76 bits per heavy atom. The highest BCUT2D eigenvalue weighted by molar-refractivity contribution is 5.82. The molecule has 0 saturated carbocycles. The lowest BCUT2D eigenvalue weighted by Gasteiger charge is -2.10. The fraction of sp³-hybridized carbons (Fsp3) is 0.188. The molecule has 0 saturated heterocycles. The van der Waals surface area contributed by atoms with Gasteiger partial charge >= 0.3 is 0 Å². The number of phenolic OH excluding ortho intramolecular Hbond substituents is 1. The van der Waals surface area contributed by atoms with Crippen molar-refractivity contribution in [2.24, 2.45) is 5.16 Å². The normalized spacial score (nSPS) is 10.9. The summed E-state index contributed by atoms with van der Waals surface area (Å²) in [6, 6.07) is 10.7. The van der Waals surface area contributed by atoms with Crippen molar-refractivity contribution < 1.29 is 15.1 Å². The third kappa shape index (κ3) is 3.89. The fourth-order valence-electron chi connectivity index (χ4n) is 2.04. The van der Waals surface area contributed by atoms with E-state index in [-0.39, 0.29) is 5.75 Å². The average Bonchev–Trinajstić information content (AvgIpc) is 2.44. The summed E-state index contributed by atoms with van der Waals surface area (Å²) in [6.45, 7) is 2.30. The van der Waals surface area contributed by atoms with Gasteiger partial charge < -0.3 is 20.8 Å². The van der Waals surface area contributed by atoms with E-state index in [0.29, 0.717) is 24.5 Å². The zero-order valence-corrected chi connectivity index (χ0v) is 11.8. The molecular weight excluding hydrogens is 268 g/mol. The number of aromatic hydroxyl groups is 1. The minimum Gasteiger partial charge on any atom is -0.504 e. The Morgan fingerprint density at radius 2 is 2.05 bits per heavy atom. The molecule has 5 nitrogen and oxygen atoms in total. The van der Waals surface area contributed by atoms with Crippen LogP contribution in [0.3, 0.4) is 0 Å². The van der Waals surface area contributed by atoms with Gasteiger partial charge in [-0.25, -0.2) is 0 Å². The van der Waals surface area contributed by atoms with Crippen molar-refractivity contribution >= 4 is 11.9 Å². The second kappa shape index (κ2) is 6.65. The molecule has 0 atom stereocenters. The van der Waals surface area contributed by atoms with Gasteiger partial charge in [0.15, 0.2) is 11.5 Å². The van der Waals surface area contributed by atoms with E-state index in [4.69, 9.17) is 15.7 Å². The van der Waals surface area contributed by atoms with Crippen LogP contribution in [-0.2, 0) is 6.42 Å². The maximum absolute atomic E-state index is 9.77. The maximum Gasteiger partial charge on any atom is 0.160 e. The van der Waals surface area contributed by atoms with E-state index in [1.165, 1.54) is 6.21 Å². The summed E-state index contributed by atoms with van der Waals surface area (Å²) in [5, 5.41) is 21.5. The number of nitrogens with zero attached hydrogens (tertiary/aromatic N) is 1. The van der Waals surface area contributed by atoms with Crippen molar-refractivity contribution in [2.45, 2.75) is 13.3 Å². The van der Waals surface area contributed by atoms with Gasteiger partial charge in [-0.2, -0.15) is 0 Å². The molecule has 0 radical (unpaired) electrons. The number of nitrogens with two attached hydrogens (primary N) is 1. The first-order valence-electron chi connectivity index (χ1n) is 6.58. The smallest absolute Gasteiger partial charge is 0.160 e. The second-order valence-corrected chi connectivity index (χ2v) is 4.77. The van der Waals surface area contributed by atoms with Gasteiger partial charge in [0.25, 0.3) is 0 Å². The van der Waals surface area contributed by atoms with E-state index in [2.05, 4.69) is 5.16 Å². The van der Waals surface area contributed by atoms with Gasteiger partial charge in [0.2, 0.25) is 0 Å². The molecule has 0 bridgehead atoms. The number of phenols is 1. The number of hydrogen-bond acceptors (Lipinski definition) is 5. The molecule has 0 unspecified atom stereocenters. The zero-order chi connectivity index (χ0) is 15.2. The SMILES string of the molecule is Cc1ccc(OCCc2ccc(N)cc2C=NO)c(O)c1. The molecule has 0 aromatic heterocycles. The summed E-state index contributed by atoms with van der Waals surface area (Å²) in [5.41, 5.74) is 8.98. The summed E-state index contributed by atoms with van der Waals surface area (Å²) in [5.74, 6) is 0.581. The molecule has 4 N–H and O–H groups in total. The van der Waals surface area contributed by atoms with Crippen molar-refractivity contribution in [3.63, 3.8) is 0 Å². The average molecular weight is 286 g/mol.